The van der Waals surface area contributed by atoms with E-state index in [1.165, 1.54) is 38.7 Å². The summed E-state index contributed by atoms with van der Waals surface area (Å²) < 4.78 is 7.65. The Labute approximate surface area is 231 Å². The maximum absolute atomic E-state index is 5.25. The van der Waals surface area contributed by atoms with Crippen LogP contribution in [0, 0.1) is 0 Å². The minimum absolute atomic E-state index is 0.249. The van der Waals surface area contributed by atoms with E-state index in [1.54, 1.807) is 13.3 Å². The summed E-state index contributed by atoms with van der Waals surface area (Å²) in [6.07, 6.45) is 1.78. The summed E-state index contributed by atoms with van der Waals surface area (Å²) in [6, 6.07) is 29.2. The first kappa shape index (κ1) is 24.8. The van der Waals surface area contributed by atoms with Gasteiger partial charge in [0.2, 0.25) is 5.13 Å². The molecule has 7 heteroatoms. The van der Waals surface area contributed by atoms with Crippen LogP contribution >= 0.6 is 11.3 Å². The molecule has 0 saturated heterocycles. The van der Waals surface area contributed by atoms with E-state index >= 15 is 0 Å². The highest BCUT2D eigenvalue weighted by molar-refractivity contribution is 7.14. The lowest BCUT2D eigenvalue weighted by Crippen LogP contribution is -2.05. The average molecular weight is 532 g/mol. The summed E-state index contributed by atoms with van der Waals surface area (Å²) >= 11 is 1.52. The fourth-order valence-electron chi connectivity index (χ4n) is 4.90. The molecule has 3 aromatic carbocycles. The molecule has 0 radical (unpaired) electrons. The van der Waals surface area contributed by atoms with Crippen molar-refractivity contribution in [2.24, 2.45) is 5.10 Å². The van der Waals surface area contributed by atoms with E-state index in [2.05, 4.69) is 94.6 Å². The van der Waals surface area contributed by atoms with Crippen LogP contribution in [0.2, 0.25) is 0 Å². The zero-order valence-corrected chi connectivity index (χ0v) is 22.9. The Morgan fingerprint density at radius 2 is 1.72 bits per heavy atom. The number of hydrogen-bond acceptors (Lipinski definition) is 6. The van der Waals surface area contributed by atoms with Crippen molar-refractivity contribution >= 4 is 44.5 Å². The predicted octanol–water partition coefficient (Wildman–Crippen LogP) is 7.94. The molecule has 0 fully saturated rings. The smallest absolute Gasteiger partial charge is 0.203 e. The minimum atomic E-state index is 0.249. The molecule has 0 spiro atoms. The molecule has 3 heterocycles. The van der Waals surface area contributed by atoms with Crippen molar-refractivity contribution in [1.82, 2.24) is 14.5 Å². The number of pyridine rings is 1. The number of aromatic nitrogens is 3. The Kier molecular flexibility index (Phi) is 6.82. The summed E-state index contributed by atoms with van der Waals surface area (Å²) in [4.78, 5) is 9.74. The molecule has 0 saturated carbocycles. The van der Waals surface area contributed by atoms with Gasteiger partial charge in [0.15, 0.2) is 0 Å². The van der Waals surface area contributed by atoms with Gasteiger partial charge in [-0.05, 0) is 47.9 Å². The highest BCUT2D eigenvalue weighted by Gasteiger charge is 2.18. The molecular weight excluding hydrogens is 502 g/mol. The number of fused-ring (bicyclic) bond motifs is 3. The van der Waals surface area contributed by atoms with Crippen LogP contribution in [0.15, 0.2) is 95.4 Å². The first-order valence-corrected chi connectivity index (χ1v) is 13.8. The predicted molar refractivity (Wildman–Crippen MR) is 162 cm³/mol. The number of para-hydroxylation sites is 1. The zero-order valence-electron chi connectivity index (χ0n) is 22.1. The molecule has 0 aliphatic rings. The van der Waals surface area contributed by atoms with Crippen LogP contribution in [0.4, 0.5) is 5.13 Å². The second-order valence-electron chi connectivity index (χ2n) is 9.71. The Hall–Kier alpha value is -4.49. The lowest BCUT2D eigenvalue weighted by atomic mass is 10.0. The van der Waals surface area contributed by atoms with Gasteiger partial charge < -0.3 is 9.30 Å². The van der Waals surface area contributed by atoms with Gasteiger partial charge >= 0.3 is 0 Å². The molecule has 6 nitrogen and oxygen atoms in total. The third-order valence-electron chi connectivity index (χ3n) is 6.77. The second kappa shape index (κ2) is 10.7. The topological polar surface area (TPSA) is 64.3 Å². The number of hydrazone groups is 1. The van der Waals surface area contributed by atoms with E-state index in [0.29, 0.717) is 0 Å². The van der Waals surface area contributed by atoms with Gasteiger partial charge in [-0.2, -0.15) is 5.10 Å². The number of nitrogens with zero attached hydrogens (tertiary/aromatic N) is 4. The quantitative estimate of drug-likeness (QED) is 0.160. The molecule has 0 unspecified atom stereocenters. The molecule has 39 heavy (non-hydrogen) atoms. The lowest BCUT2D eigenvalue weighted by Gasteiger charge is -2.13. The van der Waals surface area contributed by atoms with Gasteiger partial charge in [0.05, 0.1) is 35.9 Å². The van der Waals surface area contributed by atoms with Crippen molar-refractivity contribution in [3.63, 3.8) is 0 Å². The van der Waals surface area contributed by atoms with Gasteiger partial charge in [0.25, 0.3) is 0 Å². The number of nitrogens with one attached hydrogen (secondary N) is 1. The fraction of sp³-hybridized carbons (Fsp3) is 0.156. The number of rotatable bonds is 8. The standard InChI is InChI=1S/C32H29N5OS/c1-21(2)30-31-27(26-11-7-8-12-29(26)37(31)19-22-9-5-4-6-10-22)17-24(34-30)18-33-36-32-35-28(20-39-32)23-13-15-25(38-3)16-14-23/h4-18,20-21H,19H2,1-3H3,(H,35,36)/b33-18+. The molecular formula is C32H29N5OS. The van der Waals surface area contributed by atoms with Crippen LogP contribution < -0.4 is 10.2 Å². The van der Waals surface area contributed by atoms with Crippen LogP contribution in [0.1, 0.15) is 36.7 Å². The SMILES string of the molecule is COc1ccc(-c2csc(N/N=C/c3cc4c5ccccc5n(Cc5ccccc5)c4c(C(C)C)n3)n2)cc1. The monoisotopic (exact) mass is 531 g/mol. The largest absolute Gasteiger partial charge is 0.497 e. The van der Waals surface area contributed by atoms with Crippen LogP contribution in [-0.4, -0.2) is 27.9 Å². The van der Waals surface area contributed by atoms with Gasteiger partial charge in [0.1, 0.15) is 5.75 Å². The van der Waals surface area contributed by atoms with Gasteiger partial charge in [0, 0.05) is 33.8 Å². The first-order chi connectivity index (χ1) is 19.1. The van der Waals surface area contributed by atoms with Crippen molar-refractivity contribution in [3.05, 3.63) is 107 Å². The van der Waals surface area contributed by atoms with Crippen LogP contribution in [0.25, 0.3) is 33.1 Å². The maximum Gasteiger partial charge on any atom is 0.203 e. The zero-order chi connectivity index (χ0) is 26.8. The molecule has 0 aliphatic carbocycles. The molecule has 0 amide bonds. The van der Waals surface area contributed by atoms with Gasteiger partial charge in [-0.25, -0.2) is 9.97 Å². The van der Waals surface area contributed by atoms with Gasteiger partial charge in [-0.15, -0.1) is 11.3 Å². The molecule has 0 atom stereocenters. The Balaban J connectivity index is 1.33. The van der Waals surface area contributed by atoms with Crippen LogP contribution in [-0.2, 0) is 6.54 Å². The van der Waals surface area contributed by atoms with Crippen LogP contribution in [0.5, 0.6) is 5.75 Å². The summed E-state index contributed by atoms with van der Waals surface area (Å²) in [7, 11) is 1.66. The number of methoxy groups -OCH3 is 1. The third-order valence-corrected chi connectivity index (χ3v) is 7.52. The molecule has 0 aliphatic heterocycles. The van der Waals surface area contributed by atoms with Crippen molar-refractivity contribution < 1.29 is 4.74 Å². The summed E-state index contributed by atoms with van der Waals surface area (Å²) in [6.45, 7) is 5.19. The van der Waals surface area contributed by atoms with Crippen molar-refractivity contribution in [1.29, 1.82) is 0 Å². The van der Waals surface area contributed by atoms with E-state index in [1.807, 2.05) is 29.6 Å². The Bertz CT molecular complexity index is 1770. The second-order valence-corrected chi connectivity index (χ2v) is 10.6. The summed E-state index contributed by atoms with van der Waals surface area (Å²) in [5, 5.41) is 9.65. The van der Waals surface area contributed by atoms with E-state index < -0.39 is 0 Å². The number of hydrogen-bond donors (Lipinski definition) is 1. The number of thiazole rings is 1. The van der Waals surface area contributed by atoms with Crippen molar-refractivity contribution in [2.45, 2.75) is 26.3 Å². The van der Waals surface area contributed by atoms with E-state index in [4.69, 9.17) is 9.72 Å². The van der Waals surface area contributed by atoms with Crippen molar-refractivity contribution in [3.8, 4) is 17.0 Å². The number of ether oxygens (including phenoxy) is 1. The summed E-state index contributed by atoms with van der Waals surface area (Å²) in [5.41, 5.74) is 10.6. The molecule has 194 valence electrons. The number of benzene rings is 3. The van der Waals surface area contributed by atoms with Crippen LogP contribution in [0.3, 0.4) is 0 Å². The van der Waals surface area contributed by atoms with Crippen molar-refractivity contribution in [2.75, 3.05) is 12.5 Å². The average Bonchev–Trinajstić information content (AvgIpc) is 3.57. The Morgan fingerprint density at radius 3 is 2.49 bits per heavy atom. The number of anilines is 1. The lowest BCUT2D eigenvalue weighted by molar-refractivity contribution is 0.415. The minimum Gasteiger partial charge on any atom is -0.497 e. The molecule has 3 aromatic heterocycles. The Morgan fingerprint density at radius 1 is 0.949 bits per heavy atom. The van der Waals surface area contributed by atoms with Gasteiger partial charge in [-0.3, -0.25) is 5.43 Å². The summed E-state index contributed by atoms with van der Waals surface area (Å²) in [5.74, 6) is 1.07. The normalized spacial score (nSPS) is 11.7. The first-order valence-electron chi connectivity index (χ1n) is 13.0. The highest BCUT2D eigenvalue weighted by atomic mass is 32.1. The van der Waals surface area contributed by atoms with E-state index in [-0.39, 0.29) is 5.92 Å². The molecule has 0 bridgehead atoms. The maximum atomic E-state index is 5.25. The molecule has 6 aromatic rings. The highest BCUT2D eigenvalue weighted by Crippen LogP contribution is 2.34. The van der Waals surface area contributed by atoms with E-state index in [0.717, 1.165) is 40.1 Å². The molecule has 1 N–H and O–H groups in total. The molecule has 6 rings (SSSR count). The van der Waals surface area contributed by atoms with Gasteiger partial charge in [-0.1, -0.05) is 62.4 Å². The third kappa shape index (κ3) is 5.01. The fourth-order valence-corrected chi connectivity index (χ4v) is 5.57. The van der Waals surface area contributed by atoms with E-state index in [9.17, 15) is 0 Å².